The third-order valence-electron chi connectivity index (χ3n) is 3.21. The molecule has 0 bridgehead atoms. The molecule has 100 valence electrons. The number of rotatable bonds is 5. The van der Waals surface area contributed by atoms with Crippen molar-refractivity contribution in [1.82, 2.24) is 20.2 Å². The van der Waals surface area contributed by atoms with E-state index in [2.05, 4.69) is 15.5 Å². The Kier molecular flexibility index (Phi) is 4.21. The highest BCUT2D eigenvalue weighted by atomic mass is 32.2. The summed E-state index contributed by atoms with van der Waals surface area (Å²) in [6.07, 6.45) is 4.55. The van der Waals surface area contributed by atoms with Gasteiger partial charge in [0.2, 0.25) is 5.16 Å². The number of hydrogen-bond acceptors (Lipinski definition) is 5. The molecule has 0 radical (unpaired) electrons. The summed E-state index contributed by atoms with van der Waals surface area (Å²) in [7, 11) is 0. The summed E-state index contributed by atoms with van der Waals surface area (Å²) >= 11 is 1.25. The van der Waals surface area contributed by atoms with E-state index < -0.39 is 11.2 Å². The molecule has 1 heterocycles. The van der Waals surface area contributed by atoms with Gasteiger partial charge in [-0.15, -0.1) is 5.10 Å². The third-order valence-corrected chi connectivity index (χ3v) is 4.69. The summed E-state index contributed by atoms with van der Waals surface area (Å²) < 4.78 is 1.80. The second kappa shape index (κ2) is 5.69. The Bertz CT molecular complexity index is 415. The largest absolute Gasteiger partial charge is 0.480 e. The molecule has 1 unspecified atom stereocenters. The van der Waals surface area contributed by atoms with Gasteiger partial charge in [0, 0.05) is 0 Å². The molecule has 6 nitrogen and oxygen atoms in total. The number of carboxylic acid groups (broad SMARTS) is 1. The molecule has 1 aliphatic rings. The van der Waals surface area contributed by atoms with Crippen molar-refractivity contribution in [3.63, 3.8) is 0 Å². The van der Waals surface area contributed by atoms with Crippen molar-refractivity contribution < 1.29 is 9.90 Å². The van der Waals surface area contributed by atoms with Gasteiger partial charge in [-0.25, -0.2) is 4.68 Å². The molecule has 1 atom stereocenters. The lowest BCUT2D eigenvalue weighted by Gasteiger charge is -2.16. The highest BCUT2D eigenvalue weighted by Crippen LogP contribution is 2.33. The number of carbonyl (C=O) groups is 1. The zero-order valence-electron chi connectivity index (χ0n) is 10.6. The zero-order valence-corrected chi connectivity index (χ0v) is 11.4. The Morgan fingerprint density at radius 1 is 1.44 bits per heavy atom. The van der Waals surface area contributed by atoms with E-state index >= 15 is 0 Å². The van der Waals surface area contributed by atoms with Crippen molar-refractivity contribution in [1.29, 1.82) is 0 Å². The Morgan fingerprint density at radius 2 is 2.11 bits per heavy atom. The van der Waals surface area contributed by atoms with Crippen molar-refractivity contribution in [3.05, 3.63) is 0 Å². The van der Waals surface area contributed by atoms with Crippen molar-refractivity contribution in [2.75, 3.05) is 0 Å². The highest BCUT2D eigenvalue weighted by Gasteiger charge is 2.28. The van der Waals surface area contributed by atoms with Crippen LogP contribution in [0.3, 0.4) is 0 Å². The smallest absolute Gasteiger partial charge is 0.317 e. The summed E-state index contributed by atoms with van der Waals surface area (Å²) in [4.78, 5) is 11.2. The first-order valence-corrected chi connectivity index (χ1v) is 7.15. The van der Waals surface area contributed by atoms with Crippen molar-refractivity contribution in [2.24, 2.45) is 5.92 Å². The molecule has 0 amide bonds. The molecule has 0 aromatic carbocycles. The number of hydrogen-bond donors (Lipinski definition) is 1. The normalized spacial score (nSPS) is 18.4. The van der Waals surface area contributed by atoms with Gasteiger partial charge in [-0.3, -0.25) is 4.79 Å². The van der Waals surface area contributed by atoms with Gasteiger partial charge in [-0.05, 0) is 29.2 Å². The van der Waals surface area contributed by atoms with E-state index in [1.54, 1.807) is 4.68 Å². The first-order chi connectivity index (χ1) is 8.59. The van der Waals surface area contributed by atoms with Gasteiger partial charge in [0.1, 0.15) is 5.25 Å². The Labute approximate surface area is 110 Å². The number of thioether (sulfide) groups is 1. The molecule has 1 N–H and O–H groups in total. The van der Waals surface area contributed by atoms with Gasteiger partial charge >= 0.3 is 5.97 Å². The molecule has 0 spiro atoms. The number of aliphatic carboxylic acids is 1. The van der Waals surface area contributed by atoms with Crippen LogP contribution in [0.2, 0.25) is 0 Å². The second-order valence-corrected chi connectivity index (χ2v) is 6.07. The number of carboxylic acids is 1. The predicted octanol–water partition coefficient (Wildman–Crippen LogP) is 1.99. The molecule has 1 aromatic heterocycles. The van der Waals surface area contributed by atoms with E-state index in [1.807, 2.05) is 13.8 Å². The minimum Gasteiger partial charge on any atom is -0.480 e. The fraction of sp³-hybridized carbons (Fsp3) is 0.818. The SMILES string of the molecule is CC(C)C(Sc1nnnn1C1CCCC1)C(=O)O. The summed E-state index contributed by atoms with van der Waals surface area (Å²) in [6.45, 7) is 3.80. The van der Waals surface area contributed by atoms with Crippen LogP contribution in [0.4, 0.5) is 0 Å². The molecule has 18 heavy (non-hydrogen) atoms. The van der Waals surface area contributed by atoms with Crippen molar-refractivity contribution in [2.45, 2.75) is 56.0 Å². The maximum atomic E-state index is 11.2. The van der Waals surface area contributed by atoms with Gasteiger partial charge in [-0.1, -0.05) is 38.5 Å². The van der Waals surface area contributed by atoms with E-state index in [9.17, 15) is 9.90 Å². The lowest BCUT2D eigenvalue weighted by molar-refractivity contribution is -0.137. The standard InChI is InChI=1S/C11H18N4O2S/c1-7(2)9(10(16)17)18-11-12-13-14-15(11)8-5-3-4-6-8/h7-9H,3-6H2,1-2H3,(H,16,17). The molecule has 2 rings (SSSR count). The summed E-state index contributed by atoms with van der Waals surface area (Å²) in [5, 5.41) is 21.0. The topological polar surface area (TPSA) is 80.9 Å². The lowest BCUT2D eigenvalue weighted by atomic mass is 10.1. The summed E-state index contributed by atoms with van der Waals surface area (Å²) in [5.41, 5.74) is 0. The van der Waals surface area contributed by atoms with Crippen LogP contribution in [0, 0.1) is 5.92 Å². The first-order valence-electron chi connectivity index (χ1n) is 6.27. The van der Waals surface area contributed by atoms with Crippen LogP contribution in [0.1, 0.15) is 45.6 Å². The van der Waals surface area contributed by atoms with Crippen LogP contribution in [-0.4, -0.2) is 36.5 Å². The fourth-order valence-corrected chi connectivity index (χ4v) is 3.20. The molecule has 1 aromatic rings. The summed E-state index contributed by atoms with van der Waals surface area (Å²) in [5.74, 6) is -0.766. The molecule has 1 fully saturated rings. The average Bonchev–Trinajstić information content (AvgIpc) is 2.95. The molecule has 7 heteroatoms. The quantitative estimate of drug-likeness (QED) is 0.824. The molecule has 0 saturated heterocycles. The van der Waals surface area contributed by atoms with Crippen LogP contribution in [0.5, 0.6) is 0 Å². The molecular formula is C11H18N4O2S. The minimum atomic E-state index is -0.809. The number of tetrazole rings is 1. The average molecular weight is 270 g/mol. The van der Waals surface area contributed by atoms with E-state index in [0.717, 1.165) is 12.8 Å². The number of aromatic nitrogens is 4. The van der Waals surface area contributed by atoms with E-state index in [-0.39, 0.29) is 5.92 Å². The van der Waals surface area contributed by atoms with Crippen molar-refractivity contribution in [3.8, 4) is 0 Å². The number of nitrogens with zero attached hydrogens (tertiary/aromatic N) is 4. The minimum absolute atomic E-state index is 0.0428. The monoisotopic (exact) mass is 270 g/mol. The van der Waals surface area contributed by atoms with Crippen LogP contribution in [0.15, 0.2) is 5.16 Å². The fourth-order valence-electron chi connectivity index (χ4n) is 2.23. The van der Waals surface area contributed by atoms with Gasteiger partial charge in [0.05, 0.1) is 6.04 Å². The van der Waals surface area contributed by atoms with Crippen molar-refractivity contribution >= 4 is 17.7 Å². The van der Waals surface area contributed by atoms with Crippen LogP contribution < -0.4 is 0 Å². The van der Waals surface area contributed by atoms with Crippen LogP contribution in [-0.2, 0) is 4.79 Å². The Morgan fingerprint density at radius 3 is 2.67 bits per heavy atom. The van der Waals surface area contributed by atoms with Gasteiger partial charge in [0.25, 0.3) is 0 Å². The maximum Gasteiger partial charge on any atom is 0.317 e. The van der Waals surface area contributed by atoms with Gasteiger partial charge in [0.15, 0.2) is 0 Å². The van der Waals surface area contributed by atoms with E-state index in [0.29, 0.717) is 11.2 Å². The summed E-state index contributed by atoms with van der Waals surface area (Å²) in [6, 6.07) is 0.337. The van der Waals surface area contributed by atoms with E-state index in [4.69, 9.17) is 0 Å². The van der Waals surface area contributed by atoms with E-state index in [1.165, 1.54) is 24.6 Å². The predicted molar refractivity (Wildman–Crippen MR) is 67.4 cm³/mol. The molecule has 1 aliphatic carbocycles. The van der Waals surface area contributed by atoms with Gasteiger partial charge in [-0.2, -0.15) is 0 Å². The zero-order chi connectivity index (χ0) is 13.1. The van der Waals surface area contributed by atoms with Crippen LogP contribution in [0.25, 0.3) is 0 Å². The third kappa shape index (κ3) is 2.82. The maximum absolute atomic E-state index is 11.2. The Hall–Kier alpha value is -1.11. The molecular weight excluding hydrogens is 252 g/mol. The lowest BCUT2D eigenvalue weighted by Crippen LogP contribution is -2.23. The first kappa shape index (κ1) is 13.3. The van der Waals surface area contributed by atoms with Gasteiger partial charge < -0.3 is 5.11 Å². The molecule has 1 saturated carbocycles. The highest BCUT2D eigenvalue weighted by molar-refractivity contribution is 8.00. The molecule has 0 aliphatic heterocycles. The Balaban J connectivity index is 2.13. The second-order valence-electron chi connectivity index (χ2n) is 4.97. The van der Waals surface area contributed by atoms with Crippen LogP contribution >= 0.6 is 11.8 Å².